The summed E-state index contributed by atoms with van der Waals surface area (Å²) in [5.74, 6) is 0.165. The molecule has 19 heavy (non-hydrogen) atoms. The van der Waals surface area contributed by atoms with E-state index in [-0.39, 0.29) is 5.91 Å². The van der Waals surface area contributed by atoms with Crippen LogP contribution in [0.1, 0.15) is 12.5 Å². The molecule has 0 radical (unpaired) electrons. The van der Waals surface area contributed by atoms with E-state index in [1.165, 1.54) is 10.9 Å². The summed E-state index contributed by atoms with van der Waals surface area (Å²) in [5, 5.41) is 1.19. The molecular weight excluding hydrogens is 238 g/mol. The summed E-state index contributed by atoms with van der Waals surface area (Å²) in [5.41, 5.74) is 2.29. The first kappa shape index (κ1) is 13.6. The predicted octanol–water partition coefficient (Wildman–Crippen LogP) is 2.08. The van der Waals surface area contributed by atoms with Crippen LogP contribution in [0.3, 0.4) is 0 Å². The summed E-state index contributed by atoms with van der Waals surface area (Å²) in [7, 11) is 3.83. The highest BCUT2D eigenvalue weighted by molar-refractivity contribution is 5.84. The summed E-state index contributed by atoms with van der Waals surface area (Å²) in [4.78, 5) is 19.2. The lowest BCUT2D eigenvalue weighted by Gasteiger charge is -2.22. The van der Waals surface area contributed by atoms with Gasteiger partial charge in [-0.2, -0.15) is 0 Å². The van der Waals surface area contributed by atoms with Crippen molar-refractivity contribution in [1.29, 1.82) is 0 Å². The van der Waals surface area contributed by atoms with Crippen molar-refractivity contribution in [2.75, 3.05) is 27.2 Å². The minimum Gasteiger partial charge on any atom is -0.361 e. The Morgan fingerprint density at radius 3 is 2.68 bits per heavy atom. The Morgan fingerprint density at radius 1 is 1.26 bits per heavy atom. The second kappa shape index (κ2) is 5.89. The molecule has 0 bridgehead atoms. The van der Waals surface area contributed by atoms with Crippen LogP contribution in [0.4, 0.5) is 0 Å². The second-order valence-electron chi connectivity index (χ2n) is 5.01. The number of nitrogens with one attached hydrogen (secondary N) is 1. The van der Waals surface area contributed by atoms with Gasteiger partial charge < -0.3 is 14.8 Å². The van der Waals surface area contributed by atoms with Crippen molar-refractivity contribution in [3.8, 4) is 0 Å². The van der Waals surface area contributed by atoms with Gasteiger partial charge in [-0.1, -0.05) is 18.2 Å². The summed E-state index contributed by atoms with van der Waals surface area (Å²) in [6.45, 7) is 3.86. The van der Waals surface area contributed by atoms with E-state index in [1.54, 1.807) is 0 Å². The highest BCUT2D eigenvalue weighted by Crippen LogP contribution is 2.19. The Bertz CT molecular complexity index is 559. The standard InChI is InChI=1S/C15H21N3O/c1-4-18(15(19)11-17(2)3)10-12-9-16-14-8-6-5-7-13(12)14/h5-9,16H,4,10-11H2,1-3H3. The first-order valence-electron chi connectivity index (χ1n) is 6.59. The highest BCUT2D eigenvalue weighted by atomic mass is 16.2. The molecule has 0 aliphatic rings. The molecule has 0 fully saturated rings. The Kier molecular flexibility index (Phi) is 4.22. The van der Waals surface area contributed by atoms with E-state index in [4.69, 9.17) is 0 Å². The molecule has 0 aliphatic carbocycles. The third kappa shape index (κ3) is 3.15. The topological polar surface area (TPSA) is 39.3 Å². The number of aromatic amines is 1. The highest BCUT2D eigenvalue weighted by Gasteiger charge is 2.14. The first-order chi connectivity index (χ1) is 9.11. The average molecular weight is 259 g/mol. The number of H-pyrrole nitrogens is 1. The van der Waals surface area contributed by atoms with Gasteiger partial charge in [0.1, 0.15) is 0 Å². The number of hydrogen-bond acceptors (Lipinski definition) is 2. The van der Waals surface area contributed by atoms with Crippen molar-refractivity contribution < 1.29 is 4.79 Å². The van der Waals surface area contributed by atoms with Crippen LogP contribution >= 0.6 is 0 Å². The van der Waals surface area contributed by atoms with E-state index in [0.29, 0.717) is 13.1 Å². The van der Waals surface area contributed by atoms with E-state index in [0.717, 1.165) is 12.1 Å². The first-order valence-corrected chi connectivity index (χ1v) is 6.59. The van der Waals surface area contributed by atoms with Gasteiger partial charge in [-0.25, -0.2) is 0 Å². The fraction of sp³-hybridized carbons (Fsp3) is 0.400. The summed E-state index contributed by atoms with van der Waals surface area (Å²) in [6.07, 6.45) is 2.00. The van der Waals surface area contributed by atoms with Crippen LogP contribution in [-0.2, 0) is 11.3 Å². The average Bonchev–Trinajstić information content (AvgIpc) is 2.78. The van der Waals surface area contributed by atoms with Gasteiger partial charge in [0.25, 0.3) is 0 Å². The molecule has 2 rings (SSSR count). The van der Waals surface area contributed by atoms with Crippen molar-refractivity contribution in [3.63, 3.8) is 0 Å². The number of para-hydroxylation sites is 1. The van der Waals surface area contributed by atoms with Crippen LogP contribution < -0.4 is 0 Å². The SMILES string of the molecule is CCN(Cc1c[nH]c2ccccc12)C(=O)CN(C)C. The third-order valence-corrected chi connectivity index (χ3v) is 3.22. The van der Waals surface area contributed by atoms with E-state index < -0.39 is 0 Å². The smallest absolute Gasteiger partial charge is 0.237 e. The molecule has 0 aliphatic heterocycles. The van der Waals surface area contributed by atoms with Crippen LogP contribution in [0.15, 0.2) is 30.5 Å². The van der Waals surface area contributed by atoms with Gasteiger partial charge in [0.2, 0.25) is 5.91 Å². The fourth-order valence-electron chi connectivity index (χ4n) is 2.21. The largest absolute Gasteiger partial charge is 0.361 e. The van der Waals surface area contributed by atoms with Crippen molar-refractivity contribution in [2.24, 2.45) is 0 Å². The van der Waals surface area contributed by atoms with Crippen molar-refractivity contribution >= 4 is 16.8 Å². The van der Waals surface area contributed by atoms with Gasteiger partial charge in [0.15, 0.2) is 0 Å². The molecule has 4 nitrogen and oxygen atoms in total. The number of aromatic nitrogens is 1. The molecule has 0 atom stereocenters. The Balaban J connectivity index is 2.16. The molecule has 2 aromatic rings. The lowest BCUT2D eigenvalue weighted by atomic mass is 10.1. The Hall–Kier alpha value is -1.81. The zero-order valence-electron chi connectivity index (χ0n) is 11.8. The molecule has 0 saturated heterocycles. The number of carbonyl (C=O) groups excluding carboxylic acids is 1. The zero-order valence-corrected chi connectivity index (χ0v) is 11.8. The van der Waals surface area contributed by atoms with Crippen LogP contribution in [0.25, 0.3) is 10.9 Å². The summed E-state index contributed by atoms with van der Waals surface area (Å²) >= 11 is 0. The number of likely N-dealkylation sites (N-methyl/N-ethyl adjacent to an activating group) is 2. The van der Waals surface area contributed by atoms with Gasteiger partial charge in [-0.15, -0.1) is 0 Å². The van der Waals surface area contributed by atoms with Crippen molar-refractivity contribution in [1.82, 2.24) is 14.8 Å². The van der Waals surface area contributed by atoms with Gasteiger partial charge in [-0.3, -0.25) is 4.79 Å². The van der Waals surface area contributed by atoms with Crippen LogP contribution in [0.2, 0.25) is 0 Å². The van der Waals surface area contributed by atoms with Crippen molar-refractivity contribution in [2.45, 2.75) is 13.5 Å². The third-order valence-electron chi connectivity index (χ3n) is 3.22. The van der Waals surface area contributed by atoms with Gasteiger partial charge in [0.05, 0.1) is 6.54 Å². The van der Waals surface area contributed by atoms with E-state index in [2.05, 4.69) is 17.1 Å². The summed E-state index contributed by atoms with van der Waals surface area (Å²) < 4.78 is 0. The quantitative estimate of drug-likeness (QED) is 0.893. The molecule has 1 aromatic heterocycles. The molecule has 0 spiro atoms. The predicted molar refractivity (Wildman–Crippen MR) is 77.9 cm³/mol. The Morgan fingerprint density at radius 2 is 2.00 bits per heavy atom. The van der Waals surface area contributed by atoms with E-state index in [9.17, 15) is 4.79 Å². The maximum absolute atomic E-state index is 12.1. The monoisotopic (exact) mass is 259 g/mol. The molecule has 1 N–H and O–H groups in total. The normalized spacial score (nSPS) is 11.2. The maximum Gasteiger partial charge on any atom is 0.237 e. The number of rotatable bonds is 5. The van der Waals surface area contributed by atoms with E-state index >= 15 is 0 Å². The molecule has 102 valence electrons. The Labute approximate surface area is 114 Å². The van der Waals surface area contributed by atoms with Crippen LogP contribution in [-0.4, -0.2) is 47.9 Å². The second-order valence-corrected chi connectivity index (χ2v) is 5.01. The lowest BCUT2D eigenvalue weighted by molar-refractivity contribution is -0.132. The lowest BCUT2D eigenvalue weighted by Crippen LogP contribution is -2.37. The minimum absolute atomic E-state index is 0.165. The zero-order chi connectivity index (χ0) is 13.8. The molecule has 1 aromatic carbocycles. The number of benzene rings is 1. The molecule has 0 unspecified atom stereocenters. The number of fused-ring (bicyclic) bond motifs is 1. The molecule has 1 amide bonds. The van der Waals surface area contributed by atoms with Gasteiger partial charge in [-0.05, 0) is 32.6 Å². The maximum atomic E-state index is 12.1. The molecular formula is C15H21N3O. The molecule has 0 saturated carbocycles. The molecule has 1 heterocycles. The minimum atomic E-state index is 0.165. The van der Waals surface area contributed by atoms with Gasteiger partial charge in [0, 0.05) is 30.2 Å². The fourth-order valence-corrected chi connectivity index (χ4v) is 2.21. The van der Waals surface area contributed by atoms with Crippen LogP contribution in [0, 0.1) is 0 Å². The number of nitrogens with zero attached hydrogens (tertiary/aromatic N) is 2. The van der Waals surface area contributed by atoms with Gasteiger partial charge >= 0.3 is 0 Å². The molecule has 4 heteroatoms. The number of amides is 1. The number of hydrogen-bond donors (Lipinski definition) is 1. The van der Waals surface area contributed by atoms with E-state index in [1.807, 2.05) is 49.1 Å². The van der Waals surface area contributed by atoms with Crippen molar-refractivity contribution in [3.05, 3.63) is 36.0 Å². The van der Waals surface area contributed by atoms with Crippen LogP contribution in [0.5, 0.6) is 0 Å². The summed E-state index contributed by atoms with van der Waals surface area (Å²) in [6, 6.07) is 8.18. The number of carbonyl (C=O) groups is 1.